The van der Waals surface area contributed by atoms with Gasteiger partial charge in [0.25, 0.3) is 0 Å². The number of nitrogens with zero attached hydrogens (tertiary/aromatic N) is 1. The van der Waals surface area contributed by atoms with Crippen molar-refractivity contribution in [3.63, 3.8) is 0 Å². The van der Waals surface area contributed by atoms with E-state index in [9.17, 15) is 9.18 Å². The van der Waals surface area contributed by atoms with Gasteiger partial charge in [0.2, 0.25) is 0 Å². The van der Waals surface area contributed by atoms with E-state index < -0.39 is 6.04 Å². The van der Waals surface area contributed by atoms with Gasteiger partial charge in [-0.25, -0.2) is 9.18 Å². The molecular weight excluding hydrogens is 327 g/mol. The van der Waals surface area contributed by atoms with Gasteiger partial charge >= 0.3 is 5.97 Å². The Bertz CT molecular complexity index is 478. The van der Waals surface area contributed by atoms with Crippen LogP contribution in [0.25, 0.3) is 0 Å². The molecule has 1 aliphatic heterocycles. The van der Waals surface area contributed by atoms with Crippen LogP contribution in [0, 0.1) is 5.82 Å². The van der Waals surface area contributed by atoms with Crippen LogP contribution in [0.1, 0.15) is 18.5 Å². The van der Waals surface area contributed by atoms with E-state index in [0.717, 1.165) is 26.2 Å². The highest BCUT2D eigenvalue weighted by molar-refractivity contribution is 9.10. The fourth-order valence-corrected chi connectivity index (χ4v) is 2.59. The van der Waals surface area contributed by atoms with Crippen molar-refractivity contribution in [1.82, 2.24) is 10.2 Å². The number of ether oxygens (including phenoxy) is 1. The van der Waals surface area contributed by atoms with Gasteiger partial charge in [0, 0.05) is 26.2 Å². The topological polar surface area (TPSA) is 41.6 Å². The average molecular weight is 345 g/mol. The maximum Gasteiger partial charge on any atom is 0.328 e. The van der Waals surface area contributed by atoms with Crippen LogP contribution in [0.2, 0.25) is 0 Å². The third-order valence-electron chi connectivity index (χ3n) is 3.29. The molecule has 110 valence electrons. The van der Waals surface area contributed by atoms with Crippen LogP contribution in [-0.4, -0.2) is 43.7 Å². The zero-order valence-corrected chi connectivity index (χ0v) is 13.0. The lowest BCUT2D eigenvalue weighted by atomic mass is 10.0. The summed E-state index contributed by atoms with van der Waals surface area (Å²) in [6.45, 7) is 5.20. The number of hydrogen-bond donors (Lipinski definition) is 1. The molecule has 0 bridgehead atoms. The third kappa shape index (κ3) is 3.56. The first kappa shape index (κ1) is 15.4. The second kappa shape index (κ2) is 7.15. The van der Waals surface area contributed by atoms with Crippen LogP contribution < -0.4 is 5.32 Å². The van der Waals surface area contributed by atoms with Crippen LogP contribution in [0.4, 0.5) is 4.39 Å². The van der Waals surface area contributed by atoms with Crippen molar-refractivity contribution in [2.24, 2.45) is 0 Å². The molecule has 1 fully saturated rings. The lowest BCUT2D eigenvalue weighted by Crippen LogP contribution is -2.47. The van der Waals surface area contributed by atoms with Gasteiger partial charge in [-0.1, -0.05) is 6.07 Å². The summed E-state index contributed by atoms with van der Waals surface area (Å²) in [7, 11) is 0. The molecule has 0 spiro atoms. The summed E-state index contributed by atoms with van der Waals surface area (Å²) in [5.74, 6) is -0.692. The van der Waals surface area contributed by atoms with Gasteiger partial charge in [-0.15, -0.1) is 0 Å². The third-order valence-corrected chi connectivity index (χ3v) is 3.93. The van der Waals surface area contributed by atoms with E-state index in [1.807, 2.05) is 4.90 Å². The minimum Gasteiger partial charge on any atom is -0.465 e. The molecule has 20 heavy (non-hydrogen) atoms. The molecule has 1 aromatic carbocycles. The summed E-state index contributed by atoms with van der Waals surface area (Å²) in [6.07, 6.45) is 0. The molecule has 1 heterocycles. The minimum atomic E-state index is -0.542. The first-order chi connectivity index (χ1) is 9.63. The number of esters is 1. The summed E-state index contributed by atoms with van der Waals surface area (Å²) in [4.78, 5) is 14.2. The monoisotopic (exact) mass is 344 g/mol. The first-order valence-electron chi connectivity index (χ1n) is 6.70. The number of hydrogen-bond acceptors (Lipinski definition) is 4. The second-order valence-corrected chi connectivity index (χ2v) is 5.47. The van der Waals surface area contributed by atoms with Gasteiger partial charge in [0.1, 0.15) is 11.9 Å². The quantitative estimate of drug-likeness (QED) is 0.849. The number of carbonyl (C=O) groups is 1. The number of rotatable bonds is 4. The van der Waals surface area contributed by atoms with E-state index in [0.29, 0.717) is 16.6 Å². The van der Waals surface area contributed by atoms with Crippen LogP contribution in [-0.2, 0) is 9.53 Å². The number of benzene rings is 1. The summed E-state index contributed by atoms with van der Waals surface area (Å²) in [6, 6.07) is 4.24. The van der Waals surface area contributed by atoms with Crippen molar-refractivity contribution in [1.29, 1.82) is 0 Å². The van der Waals surface area contributed by atoms with Gasteiger partial charge in [-0.05, 0) is 40.5 Å². The zero-order chi connectivity index (χ0) is 14.5. The Kier molecular flexibility index (Phi) is 5.51. The van der Waals surface area contributed by atoms with Gasteiger partial charge in [-0.2, -0.15) is 0 Å². The Balaban J connectivity index is 2.28. The maximum atomic E-state index is 13.7. The van der Waals surface area contributed by atoms with E-state index in [-0.39, 0.29) is 11.8 Å². The number of halogens is 2. The lowest BCUT2D eigenvalue weighted by molar-refractivity contribution is -0.150. The predicted octanol–water partition coefficient (Wildman–Crippen LogP) is 2.10. The summed E-state index contributed by atoms with van der Waals surface area (Å²) in [5, 5.41) is 3.24. The fraction of sp³-hybridized carbons (Fsp3) is 0.500. The van der Waals surface area contributed by atoms with Crippen molar-refractivity contribution in [3.05, 3.63) is 34.1 Å². The van der Waals surface area contributed by atoms with Gasteiger partial charge in [-0.3, -0.25) is 4.90 Å². The molecule has 4 nitrogen and oxygen atoms in total. The molecule has 0 aromatic heterocycles. The smallest absolute Gasteiger partial charge is 0.328 e. The van der Waals surface area contributed by atoms with E-state index in [1.54, 1.807) is 19.1 Å². The molecular formula is C14H18BrFN2O2. The van der Waals surface area contributed by atoms with Crippen LogP contribution in [0.3, 0.4) is 0 Å². The Labute approximate surface area is 126 Å². The molecule has 0 aliphatic carbocycles. The van der Waals surface area contributed by atoms with Crippen LogP contribution in [0.15, 0.2) is 22.7 Å². The standard InChI is InChI=1S/C14H18BrFN2O2/c1-2-20-14(19)13(18-7-5-17-6-8-18)10-3-4-11(15)12(16)9-10/h3-4,9,13,17H,2,5-8H2,1H3. The second-order valence-electron chi connectivity index (χ2n) is 4.61. The van der Waals surface area contributed by atoms with Crippen molar-refractivity contribution in [3.8, 4) is 0 Å². The summed E-state index contributed by atoms with van der Waals surface area (Å²) < 4.78 is 19.3. The molecule has 2 rings (SSSR count). The molecule has 1 unspecified atom stereocenters. The van der Waals surface area contributed by atoms with Gasteiger partial charge in [0.05, 0.1) is 11.1 Å². The molecule has 0 saturated carbocycles. The largest absolute Gasteiger partial charge is 0.465 e. The summed E-state index contributed by atoms with van der Waals surface area (Å²) in [5.41, 5.74) is 0.631. The van der Waals surface area contributed by atoms with Gasteiger partial charge in [0.15, 0.2) is 0 Å². The average Bonchev–Trinajstić information content (AvgIpc) is 2.44. The number of nitrogens with one attached hydrogen (secondary N) is 1. The molecule has 0 radical (unpaired) electrons. The molecule has 1 saturated heterocycles. The fourth-order valence-electron chi connectivity index (χ4n) is 2.34. The highest BCUT2D eigenvalue weighted by Gasteiger charge is 2.30. The SMILES string of the molecule is CCOC(=O)C(c1ccc(Br)c(F)c1)N1CCNCC1. The zero-order valence-electron chi connectivity index (χ0n) is 11.4. The molecule has 1 N–H and O–H groups in total. The number of carbonyl (C=O) groups excluding carboxylic acids is 1. The van der Waals surface area contributed by atoms with E-state index in [4.69, 9.17) is 4.74 Å². The minimum absolute atomic E-state index is 0.320. The van der Waals surface area contributed by atoms with Crippen molar-refractivity contribution < 1.29 is 13.9 Å². The Morgan fingerprint density at radius 2 is 2.20 bits per heavy atom. The van der Waals surface area contributed by atoms with Crippen molar-refractivity contribution >= 4 is 21.9 Å². The molecule has 0 amide bonds. The van der Waals surface area contributed by atoms with E-state index in [2.05, 4.69) is 21.2 Å². The van der Waals surface area contributed by atoms with E-state index >= 15 is 0 Å². The number of piperazine rings is 1. The first-order valence-corrected chi connectivity index (χ1v) is 7.49. The van der Waals surface area contributed by atoms with Crippen LogP contribution in [0.5, 0.6) is 0 Å². The highest BCUT2D eigenvalue weighted by atomic mass is 79.9. The van der Waals surface area contributed by atoms with Crippen molar-refractivity contribution in [2.45, 2.75) is 13.0 Å². The predicted molar refractivity (Wildman–Crippen MR) is 77.9 cm³/mol. The summed E-state index contributed by atoms with van der Waals surface area (Å²) >= 11 is 3.13. The Hall–Kier alpha value is -0.980. The molecule has 1 aliphatic rings. The Morgan fingerprint density at radius 3 is 2.80 bits per heavy atom. The molecule has 1 atom stereocenters. The molecule has 6 heteroatoms. The molecule has 1 aromatic rings. The Morgan fingerprint density at radius 1 is 1.50 bits per heavy atom. The van der Waals surface area contributed by atoms with Gasteiger partial charge < -0.3 is 10.1 Å². The van der Waals surface area contributed by atoms with Crippen LogP contribution >= 0.6 is 15.9 Å². The lowest BCUT2D eigenvalue weighted by Gasteiger charge is -2.33. The normalized spacial score (nSPS) is 17.8. The van der Waals surface area contributed by atoms with E-state index in [1.165, 1.54) is 6.07 Å². The maximum absolute atomic E-state index is 13.7. The highest BCUT2D eigenvalue weighted by Crippen LogP contribution is 2.26. The van der Waals surface area contributed by atoms with Crippen molar-refractivity contribution in [2.75, 3.05) is 32.8 Å².